The predicted octanol–water partition coefficient (Wildman–Crippen LogP) is 3.46. The molecule has 0 amide bonds. The Morgan fingerprint density at radius 1 is 1.22 bits per heavy atom. The van der Waals surface area contributed by atoms with E-state index in [0.29, 0.717) is 18.6 Å². The normalized spacial score (nSPS) is 12.3. The highest BCUT2D eigenvalue weighted by Crippen LogP contribution is 2.12. The SMILES string of the molecule is CCC(OCc1ccco1)C(=O)c1ccccc1. The van der Waals surface area contributed by atoms with Crippen LogP contribution in [0.25, 0.3) is 0 Å². The van der Waals surface area contributed by atoms with E-state index in [1.54, 1.807) is 24.5 Å². The van der Waals surface area contributed by atoms with Crippen molar-refractivity contribution in [1.29, 1.82) is 0 Å². The molecule has 0 saturated carbocycles. The van der Waals surface area contributed by atoms with Crippen LogP contribution in [0.1, 0.15) is 29.5 Å². The van der Waals surface area contributed by atoms with E-state index in [1.165, 1.54) is 0 Å². The average Bonchev–Trinajstić information content (AvgIpc) is 2.93. The number of benzene rings is 1. The number of furan rings is 1. The van der Waals surface area contributed by atoms with E-state index in [4.69, 9.17) is 9.15 Å². The Labute approximate surface area is 106 Å². The fraction of sp³-hybridized carbons (Fsp3) is 0.267. The molecule has 3 heteroatoms. The molecular formula is C15H16O3. The number of rotatable bonds is 6. The molecular weight excluding hydrogens is 228 g/mol. The minimum Gasteiger partial charge on any atom is -0.467 e. The monoisotopic (exact) mass is 244 g/mol. The van der Waals surface area contributed by atoms with Gasteiger partial charge in [-0.3, -0.25) is 4.79 Å². The summed E-state index contributed by atoms with van der Waals surface area (Å²) in [4.78, 5) is 12.2. The van der Waals surface area contributed by atoms with Crippen molar-refractivity contribution in [2.24, 2.45) is 0 Å². The zero-order chi connectivity index (χ0) is 12.8. The van der Waals surface area contributed by atoms with Crippen molar-refractivity contribution in [2.45, 2.75) is 26.1 Å². The van der Waals surface area contributed by atoms with E-state index in [2.05, 4.69) is 0 Å². The van der Waals surface area contributed by atoms with Gasteiger partial charge in [0.25, 0.3) is 0 Å². The van der Waals surface area contributed by atoms with Gasteiger partial charge in [-0.2, -0.15) is 0 Å². The molecule has 1 aromatic carbocycles. The number of carbonyl (C=O) groups excluding carboxylic acids is 1. The molecule has 94 valence electrons. The molecule has 18 heavy (non-hydrogen) atoms. The highest BCUT2D eigenvalue weighted by Gasteiger charge is 2.18. The Balaban J connectivity index is 1.98. The summed E-state index contributed by atoms with van der Waals surface area (Å²) in [5.74, 6) is 0.749. The maximum absolute atomic E-state index is 12.2. The third kappa shape index (κ3) is 3.08. The van der Waals surface area contributed by atoms with Crippen molar-refractivity contribution in [3.05, 3.63) is 60.1 Å². The first-order valence-electron chi connectivity index (χ1n) is 6.04. The zero-order valence-corrected chi connectivity index (χ0v) is 10.3. The largest absolute Gasteiger partial charge is 0.467 e. The van der Waals surface area contributed by atoms with Crippen LogP contribution in [-0.2, 0) is 11.3 Å². The van der Waals surface area contributed by atoms with Crippen molar-refractivity contribution < 1.29 is 13.9 Å². The van der Waals surface area contributed by atoms with Crippen molar-refractivity contribution in [3.63, 3.8) is 0 Å². The van der Waals surface area contributed by atoms with E-state index >= 15 is 0 Å². The summed E-state index contributed by atoms with van der Waals surface area (Å²) in [5, 5.41) is 0. The number of Topliss-reactive ketones (excluding diaryl/α,β-unsaturated/α-hetero) is 1. The van der Waals surface area contributed by atoms with Gasteiger partial charge >= 0.3 is 0 Å². The Hall–Kier alpha value is -1.87. The van der Waals surface area contributed by atoms with Gasteiger partial charge in [0.15, 0.2) is 5.78 Å². The van der Waals surface area contributed by atoms with Gasteiger partial charge in [-0.05, 0) is 18.6 Å². The van der Waals surface area contributed by atoms with Crippen molar-refractivity contribution in [2.75, 3.05) is 0 Å². The number of hydrogen-bond donors (Lipinski definition) is 0. The summed E-state index contributed by atoms with van der Waals surface area (Å²) >= 11 is 0. The minimum absolute atomic E-state index is 0.0182. The lowest BCUT2D eigenvalue weighted by Gasteiger charge is -2.14. The van der Waals surface area contributed by atoms with Crippen LogP contribution in [0.3, 0.4) is 0 Å². The topological polar surface area (TPSA) is 39.4 Å². The molecule has 3 nitrogen and oxygen atoms in total. The zero-order valence-electron chi connectivity index (χ0n) is 10.3. The molecule has 1 atom stereocenters. The Morgan fingerprint density at radius 3 is 2.61 bits per heavy atom. The second-order valence-corrected chi connectivity index (χ2v) is 4.02. The van der Waals surface area contributed by atoms with Crippen LogP contribution >= 0.6 is 0 Å². The smallest absolute Gasteiger partial charge is 0.191 e. The van der Waals surface area contributed by atoms with E-state index < -0.39 is 6.10 Å². The Bertz CT molecular complexity index is 474. The van der Waals surface area contributed by atoms with Crippen molar-refractivity contribution in [1.82, 2.24) is 0 Å². The predicted molar refractivity (Wildman–Crippen MR) is 68.3 cm³/mol. The Kier molecular flexibility index (Phi) is 4.31. The maximum Gasteiger partial charge on any atom is 0.191 e. The molecule has 2 aromatic rings. The van der Waals surface area contributed by atoms with E-state index in [0.717, 1.165) is 5.76 Å². The van der Waals surface area contributed by atoms with Crippen LogP contribution in [0.15, 0.2) is 53.1 Å². The molecule has 0 fully saturated rings. The fourth-order valence-corrected chi connectivity index (χ4v) is 1.74. The van der Waals surface area contributed by atoms with Crippen LogP contribution in [-0.4, -0.2) is 11.9 Å². The molecule has 1 aromatic heterocycles. The molecule has 2 rings (SSSR count). The molecule has 0 aliphatic carbocycles. The number of hydrogen-bond acceptors (Lipinski definition) is 3. The van der Waals surface area contributed by atoms with Crippen LogP contribution < -0.4 is 0 Å². The number of carbonyl (C=O) groups is 1. The molecule has 0 N–H and O–H groups in total. The summed E-state index contributed by atoms with van der Waals surface area (Å²) in [6.45, 7) is 2.26. The van der Waals surface area contributed by atoms with Crippen LogP contribution in [0.2, 0.25) is 0 Å². The lowest BCUT2D eigenvalue weighted by Crippen LogP contribution is -2.23. The Morgan fingerprint density at radius 2 is 2.00 bits per heavy atom. The second kappa shape index (κ2) is 6.17. The van der Waals surface area contributed by atoms with Crippen LogP contribution in [0, 0.1) is 0 Å². The minimum atomic E-state index is -0.419. The lowest BCUT2D eigenvalue weighted by atomic mass is 10.0. The van der Waals surface area contributed by atoms with Crippen LogP contribution in [0.4, 0.5) is 0 Å². The number of ketones is 1. The van der Waals surface area contributed by atoms with Crippen LogP contribution in [0.5, 0.6) is 0 Å². The highest BCUT2D eigenvalue weighted by atomic mass is 16.5. The summed E-state index contributed by atoms with van der Waals surface area (Å²) < 4.78 is 10.8. The fourth-order valence-electron chi connectivity index (χ4n) is 1.74. The first-order chi connectivity index (χ1) is 8.81. The maximum atomic E-state index is 12.2. The number of ether oxygens (including phenoxy) is 1. The summed E-state index contributed by atoms with van der Waals surface area (Å²) in [5.41, 5.74) is 0.684. The lowest BCUT2D eigenvalue weighted by molar-refractivity contribution is 0.0269. The van der Waals surface area contributed by atoms with E-state index in [-0.39, 0.29) is 5.78 Å². The first-order valence-corrected chi connectivity index (χ1v) is 6.04. The molecule has 0 bridgehead atoms. The summed E-state index contributed by atoms with van der Waals surface area (Å²) in [6, 6.07) is 12.8. The molecule has 0 saturated heterocycles. The summed E-state index contributed by atoms with van der Waals surface area (Å²) in [7, 11) is 0. The first kappa shape index (κ1) is 12.6. The van der Waals surface area contributed by atoms with Gasteiger partial charge in [-0.15, -0.1) is 0 Å². The molecule has 0 spiro atoms. The van der Waals surface area contributed by atoms with Gasteiger partial charge in [-0.25, -0.2) is 0 Å². The molecule has 1 unspecified atom stereocenters. The second-order valence-electron chi connectivity index (χ2n) is 4.02. The quantitative estimate of drug-likeness (QED) is 0.730. The van der Waals surface area contributed by atoms with Crippen molar-refractivity contribution >= 4 is 5.78 Å². The van der Waals surface area contributed by atoms with E-state index in [1.807, 2.05) is 31.2 Å². The molecule has 0 aliphatic heterocycles. The van der Waals surface area contributed by atoms with Gasteiger partial charge in [0.2, 0.25) is 0 Å². The highest BCUT2D eigenvalue weighted by molar-refractivity contribution is 5.99. The summed E-state index contributed by atoms with van der Waals surface area (Å²) in [6.07, 6.45) is 1.82. The van der Waals surface area contributed by atoms with E-state index in [9.17, 15) is 4.79 Å². The molecule has 0 aliphatic rings. The van der Waals surface area contributed by atoms with Gasteiger partial charge < -0.3 is 9.15 Å². The van der Waals surface area contributed by atoms with Gasteiger partial charge in [0.05, 0.1) is 6.26 Å². The third-order valence-electron chi connectivity index (χ3n) is 2.73. The van der Waals surface area contributed by atoms with Gasteiger partial charge in [0.1, 0.15) is 18.5 Å². The third-order valence-corrected chi connectivity index (χ3v) is 2.73. The van der Waals surface area contributed by atoms with Gasteiger partial charge in [-0.1, -0.05) is 37.3 Å². The van der Waals surface area contributed by atoms with Crippen molar-refractivity contribution in [3.8, 4) is 0 Å². The molecule has 0 radical (unpaired) electrons. The molecule has 1 heterocycles. The van der Waals surface area contributed by atoms with Gasteiger partial charge in [0, 0.05) is 5.56 Å². The average molecular weight is 244 g/mol. The standard InChI is InChI=1S/C15H16O3/c1-2-14(18-11-13-9-6-10-17-13)15(16)12-7-4-3-5-8-12/h3-10,14H,2,11H2,1H3.